The zero-order chi connectivity index (χ0) is 15.2. The number of benzene rings is 1. The van der Waals surface area contributed by atoms with Gasteiger partial charge in [0.1, 0.15) is 0 Å². The number of carbonyl (C=O) groups excluding carboxylic acids is 2. The molecule has 1 aromatic carbocycles. The molecule has 1 aromatic rings. The maximum Gasteiger partial charge on any atom is 0.228 e. The Morgan fingerprint density at radius 1 is 1.24 bits per heavy atom. The Labute approximate surface area is 129 Å². The summed E-state index contributed by atoms with van der Waals surface area (Å²) in [6.45, 7) is 1.19. The first-order chi connectivity index (χ1) is 10.1. The molecule has 2 atom stereocenters. The Morgan fingerprint density at radius 3 is 2.57 bits per heavy atom. The van der Waals surface area contributed by atoms with E-state index in [2.05, 4.69) is 10.6 Å². The first-order valence-corrected chi connectivity index (χ1v) is 7.32. The Balaban J connectivity index is 1.73. The molecule has 0 saturated heterocycles. The van der Waals surface area contributed by atoms with Crippen LogP contribution in [0.3, 0.4) is 0 Å². The number of halogens is 1. The van der Waals surface area contributed by atoms with Crippen LogP contribution in [-0.4, -0.2) is 32.1 Å². The first-order valence-electron chi connectivity index (χ1n) is 6.95. The van der Waals surface area contributed by atoms with Crippen LogP contribution in [0.2, 0.25) is 5.02 Å². The SMILES string of the molecule is COCCCNC(=O)C1CC1C(=O)Nc1ccc(Cl)cc1. The van der Waals surface area contributed by atoms with Gasteiger partial charge in [0, 0.05) is 31.0 Å². The van der Waals surface area contributed by atoms with E-state index in [-0.39, 0.29) is 23.7 Å². The minimum Gasteiger partial charge on any atom is -0.385 e. The number of nitrogens with one attached hydrogen (secondary N) is 2. The molecular weight excluding hydrogens is 292 g/mol. The molecule has 0 bridgehead atoms. The Kier molecular flexibility index (Phi) is 5.59. The quantitative estimate of drug-likeness (QED) is 0.758. The van der Waals surface area contributed by atoms with E-state index in [4.69, 9.17) is 16.3 Å². The van der Waals surface area contributed by atoms with Crippen LogP contribution in [0.4, 0.5) is 5.69 Å². The number of hydrogen-bond acceptors (Lipinski definition) is 3. The molecule has 2 unspecified atom stereocenters. The van der Waals surface area contributed by atoms with Crippen LogP contribution >= 0.6 is 11.6 Å². The molecule has 0 spiro atoms. The minimum absolute atomic E-state index is 0.0534. The first kappa shape index (κ1) is 15.8. The van der Waals surface area contributed by atoms with Gasteiger partial charge < -0.3 is 15.4 Å². The number of hydrogen-bond donors (Lipinski definition) is 2. The van der Waals surface area contributed by atoms with Crippen molar-refractivity contribution in [2.45, 2.75) is 12.8 Å². The van der Waals surface area contributed by atoms with Gasteiger partial charge in [0.05, 0.1) is 11.8 Å². The fraction of sp³-hybridized carbons (Fsp3) is 0.467. The van der Waals surface area contributed by atoms with Gasteiger partial charge in [-0.2, -0.15) is 0 Å². The van der Waals surface area contributed by atoms with Crippen molar-refractivity contribution < 1.29 is 14.3 Å². The lowest BCUT2D eigenvalue weighted by Crippen LogP contribution is -2.28. The van der Waals surface area contributed by atoms with E-state index in [0.717, 1.165) is 6.42 Å². The minimum atomic E-state index is -0.233. The fourth-order valence-electron chi connectivity index (χ4n) is 2.10. The zero-order valence-corrected chi connectivity index (χ0v) is 12.7. The van der Waals surface area contributed by atoms with Crippen molar-refractivity contribution in [1.82, 2.24) is 5.32 Å². The summed E-state index contributed by atoms with van der Waals surface area (Å²) in [6.07, 6.45) is 1.38. The molecular formula is C15H19ClN2O3. The second-order valence-corrected chi connectivity index (χ2v) is 5.52. The molecule has 2 rings (SSSR count). The van der Waals surface area contributed by atoms with E-state index >= 15 is 0 Å². The second-order valence-electron chi connectivity index (χ2n) is 5.08. The van der Waals surface area contributed by atoms with Gasteiger partial charge in [0.15, 0.2) is 0 Å². The summed E-state index contributed by atoms with van der Waals surface area (Å²) in [7, 11) is 1.62. The molecule has 1 aliphatic rings. The molecule has 0 heterocycles. The number of amides is 2. The summed E-state index contributed by atoms with van der Waals surface area (Å²) in [5.74, 6) is -0.611. The highest BCUT2D eigenvalue weighted by molar-refractivity contribution is 6.30. The van der Waals surface area contributed by atoms with E-state index in [1.54, 1.807) is 31.4 Å². The predicted molar refractivity (Wildman–Crippen MR) is 81.2 cm³/mol. The summed E-state index contributed by atoms with van der Waals surface area (Å²) in [5.41, 5.74) is 0.690. The molecule has 0 aliphatic heterocycles. The Morgan fingerprint density at radius 2 is 1.90 bits per heavy atom. The maximum atomic E-state index is 12.0. The van der Waals surface area contributed by atoms with Gasteiger partial charge >= 0.3 is 0 Å². The van der Waals surface area contributed by atoms with E-state index in [0.29, 0.717) is 30.3 Å². The summed E-state index contributed by atoms with van der Waals surface area (Å²) in [6, 6.07) is 6.90. The summed E-state index contributed by atoms with van der Waals surface area (Å²) in [5, 5.41) is 6.23. The van der Waals surface area contributed by atoms with Gasteiger partial charge in [-0.1, -0.05) is 11.6 Å². The Bertz CT molecular complexity index is 504. The van der Waals surface area contributed by atoms with Crippen LogP contribution in [-0.2, 0) is 14.3 Å². The molecule has 1 aliphatic carbocycles. The van der Waals surface area contributed by atoms with Crippen molar-refractivity contribution in [3.8, 4) is 0 Å². The highest BCUT2D eigenvalue weighted by atomic mass is 35.5. The van der Waals surface area contributed by atoms with Gasteiger partial charge in [0.25, 0.3) is 0 Å². The topological polar surface area (TPSA) is 67.4 Å². The lowest BCUT2D eigenvalue weighted by atomic mass is 10.2. The van der Waals surface area contributed by atoms with Crippen LogP contribution in [0.1, 0.15) is 12.8 Å². The average molecular weight is 311 g/mol. The second kappa shape index (κ2) is 7.43. The van der Waals surface area contributed by atoms with Gasteiger partial charge in [-0.05, 0) is 37.1 Å². The third kappa shape index (κ3) is 4.72. The summed E-state index contributed by atoms with van der Waals surface area (Å²) < 4.78 is 4.91. The number of carbonyl (C=O) groups is 2. The summed E-state index contributed by atoms with van der Waals surface area (Å²) in [4.78, 5) is 23.8. The van der Waals surface area contributed by atoms with Gasteiger partial charge in [0.2, 0.25) is 11.8 Å². The molecule has 5 nitrogen and oxygen atoms in total. The van der Waals surface area contributed by atoms with Gasteiger partial charge in [-0.15, -0.1) is 0 Å². The molecule has 21 heavy (non-hydrogen) atoms. The third-order valence-electron chi connectivity index (χ3n) is 3.40. The van der Waals surface area contributed by atoms with Crippen molar-refractivity contribution in [1.29, 1.82) is 0 Å². The number of rotatable bonds is 7. The molecule has 0 aromatic heterocycles. The number of ether oxygens (including phenoxy) is 1. The molecule has 0 radical (unpaired) electrons. The van der Waals surface area contributed by atoms with Crippen LogP contribution in [0, 0.1) is 11.8 Å². The molecule has 114 valence electrons. The fourth-order valence-corrected chi connectivity index (χ4v) is 2.23. The van der Waals surface area contributed by atoms with Crippen LogP contribution < -0.4 is 10.6 Å². The number of methoxy groups -OCH3 is 1. The highest BCUT2D eigenvalue weighted by Crippen LogP contribution is 2.39. The van der Waals surface area contributed by atoms with Crippen molar-refractivity contribution in [3.63, 3.8) is 0 Å². The lowest BCUT2D eigenvalue weighted by molar-refractivity contribution is -0.125. The van der Waals surface area contributed by atoms with Gasteiger partial charge in [-0.3, -0.25) is 9.59 Å². The van der Waals surface area contributed by atoms with Crippen molar-refractivity contribution in [3.05, 3.63) is 29.3 Å². The van der Waals surface area contributed by atoms with Crippen molar-refractivity contribution >= 4 is 29.1 Å². The molecule has 6 heteroatoms. The normalized spacial score (nSPS) is 19.9. The lowest BCUT2D eigenvalue weighted by Gasteiger charge is -2.06. The monoisotopic (exact) mass is 310 g/mol. The molecule has 1 fully saturated rings. The Hall–Kier alpha value is -1.59. The maximum absolute atomic E-state index is 12.0. The average Bonchev–Trinajstić information content (AvgIpc) is 3.26. The number of anilines is 1. The van der Waals surface area contributed by atoms with Crippen LogP contribution in [0.15, 0.2) is 24.3 Å². The van der Waals surface area contributed by atoms with Gasteiger partial charge in [-0.25, -0.2) is 0 Å². The third-order valence-corrected chi connectivity index (χ3v) is 3.65. The highest BCUT2D eigenvalue weighted by Gasteiger charge is 2.47. The van der Waals surface area contributed by atoms with E-state index in [1.165, 1.54) is 0 Å². The van der Waals surface area contributed by atoms with E-state index < -0.39 is 0 Å². The van der Waals surface area contributed by atoms with Crippen LogP contribution in [0.25, 0.3) is 0 Å². The van der Waals surface area contributed by atoms with Crippen LogP contribution in [0.5, 0.6) is 0 Å². The van der Waals surface area contributed by atoms with Crippen molar-refractivity contribution in [2.24, 2.45) is 11.8 Å². The van der Waals surface area contributed by atoms with E-state index in [9.17, 15) is 9.59 Å². The van der Waals surface area contributed by atoms with Crippen molar-refractivity contribution in [2.75, 3.05) is 25.6 Å². The smallest absolute Gasteiger partial charge is 0.228 e. The summed E-state index contributed by atoms with van der Waals surface area (Å²) >= 11 is 5.78. The molecule has 2 N–H and O–H groups in total. The molecule has 1 saturated carbocycles. The predicted octanol–water partition coefficient (Wildman–Crippen LogP) is 2.07. The van der Waals surface area contributed by atoms with E-state index in [1.807, 2.05) is 0 Å². The standard InChI is InChI=1S/C15H19ClN2O3/c1-21-8-2-7-17-14(19)12-9-13(12)15(20)18-11-5-3-10(16)4-6-11/h3-6,12-13H,2,7-9H2,1H3,(H,17,19)(H,18,20). The largest absolute Gasteiger partial charge is 0.385 e. The zero-order valence-electron chi connectivity index (χ0n) is 11.9. The molecule has 2 amide bonds.